The smallest absolute Gasteiger partial charge is 0.262 e. The number of anilines is 1. The first kappa shape index (κ1) is 22.6. The molecule has 3 saturated heterocycles. The third-order valence-electron chi connectivity index (χ3n) is 6.91. The fraction of sp³-hybridized carbons (Fsp3) is 0.636. The Kier molecular flexibility index (Phi) is 5.84. The van der Waals surface area contributed by atoms with Gasteiger partial charge in [-0.15, -0.1) is 0 Å². The quantitative estimate of drug-likeness (QED) is 0.690. The van der Waals surface area contributed by atoms with Crippen LogP contribution in [0.4, 0.5) is 5.69 Å². The molecule has 3 fully saturated rings. The van der Waals surface area contributed by atoms with Gasteiger partial charge in [0.15, 0.2) is 12.4 Å². The second-order valence-electron chi connectivity index (χ2n) is 9.09. The van der Waals surface area contributed by atoms with Crippen molar-refractivity contribution in [3.63, 3.8) is 0 Å². The molecule has 1 aromatic rings. The predicted octanol–water partition coefficient (Wildman–Crippen LogP) is 1.09. The summed E-state index contributed by atoms with van der Waals surface area (Å²) in [6.07, 6.45) is 2.56. The molecule has 11 heteroatoms. The summed E-state index contributed by atoms with van der Waals surface area (Å²) < 4.78 is 45.3. The summed E-state index contributed by atoms with van der Waals surface area (Å²) in [7, 11) is -3.83. The van der Waals surface area contributed by atoms with Crippen molar-refractivity contribution in [2.45, 2.75) is 43.3 Å². The second-order valence-corrected chi connectivity index (χ2v) is 11.0. The Bertz CT molecular complexity index is 1060. The molecule has 4 aliphatic rings. The van der Waals surface area contributed by atoms with Gasteiger partial charge in [-0.05, 0) is 31.4 Å². The molecule has 5 rings (SSSR count). The van der Waals surface area contributed by atoms with Crippen molar-refractivity contribution in [3.8, 4) is 5.75 Å². The molecule has 2 amide bonds. The van der Waals surface area contributed by atoms with Crippen LogP contribution in [-0.2, 0) is 29.1 Å². The number of fused-ring (bicyclic) bond motifs is 1. The van der Waals surface area contributed by atoms with E-state index in [1.165, 1.54) is 10.4 Å². The zero-order valence-corrected chi connectivity index (χ0v) is 19.5. The van der Waals surface area contributed by atoms with Crippen molar-refractivity contribution in [1.29, 1.82) is 0 Å². The highest BCUT2D eigenvalue weighted by atomic mass is 32.2. The normalized spacial score (nSPS) is 25.4. The van der Waals surface area contributed by atoms with E-state index in [0.717, 1.165) is 0 Å². The van der Waals surface area contributed by atoms with Gasteiger partial charge in [0.2, 0.25) is 15.9 Å². The van der Waals surface area contributed by atoms with E-state index in [1.54, 1.807) is 13.0 Å². The standard InChI is InChI=1S/C22H29N3O7S/c1-15-11-17-18(30-14-20(26)23-17)12-19(15)33(28,29)25-6-2-3-16(13-25)21(27)24-7-4-22(5-8-24)31-9-10-32-22/h11-12,16H,2-10,13-14H2,1H3,(H,23,26)/t16-/m0/s1. The van der Waals surface area contributed by atoms with E-state index in [9.17, 15) is 18.0 Å². The number of nitrogens with one attached hydrogen (secondary N) is 1. The zero-order valence-electron chi connectivity index (χ0n) is 18.7. The highest BCUT2D eigenvalue weighted by Gasteiger charge is 2.43. The number of ether oxygens (including phenoxy) is 3. The van der Waals surface area contributed by atoms with Gasteiger partial charge < -0.3 is 24.4 Å². The van der Waals surface area contributed by atoms with Gasteiger partial charge in [0.25, 0.3) is 5.91 Å². The maximum Gasteiger partial charge on any atom is 0.262 e. The fourth-order valence-corrected chi connectivity index (χ4v) is 6.85. The van der Waals surface area contributed by atoms with Crippen LogP contribution in [0, 0.1) is 12.8 Å². The van der Waals surface area contributed by atoms with Crippen LogP contribution in [0.5, 0.6) is 5.75 Å². The molecule has 1 aromatic carbocycles. The van der Waals surface area contributed by atoms with Crippen LogP contribution in [0.2, 0.25) is 0 Å². The topological polar surface area (TPSA) is 114 Å². The average molecular weight is 480 g/mol. The van der Waals surface area contributed by atoms with E-state index in [-0.39, 0.29) is 35.8 Å². The second kappa shape index (κ2) is 8.53. The Morgan fingerprint density at radius 2 is 1.88 bits per heavy atom. The molecule has 0 aromatic heterocycles. The van der Waals surface area contributed by atoms with Crippen LogP contribution in [0.1, 0.15) is 31.2 Å². The molecule has 0 radical (unpaired) electrons. The van der Waals surface area contributed by atoms with Crippen molar-refractivity contribution < 1.29 is 32.2 Å². The third kappa shape index (κ3) is 4.23. The highest BCUT2D eigenvalue weighted by molar-refractivity contribution is 7.89. The Labute approximate surface area is 193 Å². The number of hydrogen-bond acceptors (Lipinski definition) is 7. The largest absolute Gasteiger partial charge is 0.482 e. The molecule has 10 nitrogen and oxygen atoms in total. The van der Waals surface area contributed by atoms with E-state index in [0.29, 0.717) is 75.5 Å². The van der Waals surface area contributed by atoms with Crippen LogP contribution in [-0.4, -0.2) is 81.2 Å². The van der Waals surface area contributed by atoms with E-state index in [4.69, 9.17) is 14.2 Å². The lowest BCUT2D eigenvalue weighted by atomic mass is 9.96. The minimum absolute atomic E-state index is 0.00374. The number of sulfonamides is 1. The highest BCUT2D eigenvalue weighted by Crippen LogP contribution is 2.36. The Morgan fingerprint density at radius 3 is 2.61 bits per heavy atom. The van der Waals surface area contributed by atoms with Crippen LogP contribution < -0.4 is 10.1 Å². The van der Waals surface area contributed by atoms with Crippen molar-refractivity contribution >= 4 is 27.5 Å². The summed E-state index contributed by atoms with van der Waals surface area (Å²) in [5.74, 6) is -0.867. The molecule has 0 unspecified atom stereocenters. The molecule has 1 atom stereocenters. The molecule has 1 N–H and O–H groups in total. The molecule has 4 aliphatic heterocycles. The van der Waals surface area contributed by atoms with Crippen molar-refractivity contribution in [1.82, 2.24) is 9.21 Å². The molecule has 0 bridgehead atoms. The van der Waals surface area contributed by atoms with Gasteiger partial charge in [-0.3, -0.25) is 9.59 Å². The van der Waals surface area contributed by atoms with E-state index in [1.807, 2.05) is 4.90 Å². The Hall–Kier alpha value is -2.21. The lowest BCUT2D eigenvalue weighted by Gasteiger charge is -2.40. The van der Waals surface area contributed by atoms with Crippen molar-refractivity contribution in [2.24, 2.45) is 5.92 Å². The van der Waals surface area contributed by atoms with Crippen LogP contribution in [0.3, 0.4) is 0 Å². The first-order chi connectivity index (χ1) is 15.8. The van der Waals surface area contributed by atoms with Crippen molar-refractivity contribution in [3.05, 3.63) is 17.7 Å². The fourth-order valence-electron chi connectivity index (χ4n) is 5.11. The van der Waals surface area contributed by atoms with Crippen LogP contribution >= 0.6 is 0 Å². The number of nitrogens with zero attached hydrogens (tertiary/aromatic N) is 2. The molecule has 0 saturated carbocycles. The SMILES string of the molecule is Cc1cc2c(cc1S(=O)(=O)N1CCC[C@H](C(=O)N3CCC4(CC3)OCCO4)C1)OCC(=O)N2. The Balaban J connectivity index is 1.29. The van der Waals surface area contributed by atoms with Gasteiger partial charge >= 0.3 is 0 Å². The number of rotatable bonds is 3. The lowest BCUT2D eigenvalue weighted by molar-refractivity contribution is -0.188. The number of hydrogen-bond donors (Lipinski definition) is 1. The Morgan fingerprint density at radius 1 is 1.15 bits per heavy atom. The first-order valence-electron chi connectivity index (χ1n) is 11.4. The molecule has 0 aliphatic carbocycles. The summed E-state index contributed by atoms with van der Waals surface area (Å²) >= 11 is 0. The molecular weight excluding hydrogens is 450 g/mol. The van der Waals surface area contributed by atoms with E-state index >= 15 is 0 Å². The number of benzene rings is 1. The summed E-state index contributed by atoms with van der Waals surface area (Å²) in [5.41, 5.74) is 0.985. The monoisotopic (exact) mass is 479 g/mol. The minimum atomic E-state index is -3.83. The third-order valence-corrected chi connectivity index (χ3v) is 8.92. The zero-order chi connectivity index (χ0) is 23.2. The predicted molar refractivity (Wildman–Crippen MR) is 117 cm³/mol. The van der Waals surface area contributed by atoms with Gasteiger partial charge in [-0.25, -0.2) is 8.42 Å². The molecule has 1 spiro atoms. The molecule has 180 valence electrons. The first-order valence-corrected chi connectivity index (χ1v) is 12.9. The van der Waals surface area contributed by atoms with Gasteiger partial charge in [0.1, 0.15) is 5.75 Å². The van der Waals surface area contributed by atoms with Gasteiger partial charge in [-0.1, -0.05) is 0 Å². The molecule has 4 heterocycles. The minimum Gasteiger partial charge on any atom is -0.482 e. The van der Waals surface area contributed by atoms with E-state index in [2.05, 4.69) is 5.32 Å². The number of carbonyl (C=O) groups is 2. The summed E-state index contributed by atoms with van der Waals surface area (Å²) in [6.45, 7) is 4.34. The number of carbonyl (C=O) groups excluding carboxylic acids is 2. The lowest BCUT2D eigenvalue weighted by Crippen LogP contribution is -2.51. The summed E-state index contributed by atoms with van der Waals surface area (Å²) in [5, 5.41) is 2.69. The van der Waals surface area contributed by atoms with Crippen molar-refractivity contribution in [2.75, 3.05) is 51.3 Å². The van der Waals surface area contributed by atoms with Crippen LogP contribution in [0.15, 0.2) is 17.0 Å². The average Bonchev–Trinajstić information content (AvgIpc) is 3.26. The number of likely N-dealkylation sites (tertiary alicyclic amines) is 1. The summed E-state index contributed by atoms with van der Waals surface area (Å²) in [6, 6.07) is 3.08. The number of amides is 2. The van der Waals surface area contributed by atoms with E-state index < -0.39 is 15.8 Å². The molecule has 33 heavy (non-hydrogen) atoms. The van der Waals surface area contributed by atoms with Crippen LogP contribution in [0.25, 0.3) is 0 Å². The maximum absolute atomic E-state index is 13.5. The van der Waals surface area contributed by atoms with Gasteiger partial charge in [0, 0.05) is 45.1 Å². The maximum atomic E-state index is 13.5. The molecular formula is C22H29N3O7S. The summed E-state index contributed by atoms with van der Waals surface area (Å²) in [4.78, 5) is 26.7. The number of aryl methyl sites for hydroxylation is 1. The van der Waals surface area contributed by atoms with Gasteiger partial charge in [-0.2, -0.15) is 4.31 Å². The number of piperidine rings is 2. The van der Waals surface area contributed by atoms with Gasteiger partial charge in [0.05, 0.1) is 29.7 Å².